The summed E-state index contributed by atoms with van der Waals surface area (Å²) < 4.78 is 0. The van der Waals surface area contributed by atoms with Gasteiger partial charge in [-0.2, -0.15) is 0 Å². The Balaban J connectivity index is 0. The molecule has 0 aromatic heterocycles. The quantitative estimate of drug-likeness (QED) is 0.352. The molecule has 0 rings (SSSR count). The van der Waals surface area contributed by atoms with Crippen LogP contribution in [0.1, 0.15) is 0 Å². The van der Waals surface area contributed by atoms with Crippen molar-refractivity contribution >= 4 is 22.2 Å². The lowest BCUT2D eigenvalue weighted by Crippen LogP contribution is -2.21. The Morgan fingerprint density at radius 1 is 1.88 bits per heavy atom. The van der Waals surface area contributed by atoms with Crippen molar-refractivity contribution in [1.29, 1.82) is 0 Å². The molecule has 0 fully saturated rings. The van der Waals surface area contributed by atoms with Gasteiger partial charge < -0.3 is 10.8 Å². The Kier molecular flexibility index (Phi) is 8.91. The zero-order valence-corrected chi connectivity index (χ0v) is 6.02. The molecular formula is C4H9AlNO2. The maximum absolute atomic E-state index is 10.2. The van der Waals surface area contributed by atoms with Gasteiger partial charge in [-0.25, -0.2) is 0 Å². The minimum atomic E-state index is -0.102. The zero-order chi connectivity index (χ0) is 5.70. The standard InChI is InChI=1S/C4H6NO.Al.H2O.H/c1-3-4(6)5-2;;;/h3H,1-2H2,(H,5,6);;1H2;. The first-order chi connectivity index (χ1) is 3.31. The van der Waals surface area contributed by atoms with Crippen molar-refractivity contribution in [3.05, 3.63) is 12.7 Å². The summed E-state index contributed by atoms with van der Waals surface area (Å²) in [6.45, 7) is 3.27. The monoisotopic (exact) mass is 130 g/mol. The summed E-state index contributed by atoms with van der Waals surface area (Å²) in [5.74, 6) is -0.102. The Morgan fingerprint density at radius 2 is 2.38 bits per heavy atom. The molecule has 0 aliphatic carbocycles. The van der Waals surface area contributed by atoms with E-state index in [0.29, 0.717) is 5.41 Å². The Labute approximate surface area is 56.5 Å². The molecule has 3 N–H and O–H groups in total. The molecule has 45 valence electrons. The van der Waals surface area contributed by atoms with E-state index < -0.39 is 0 Å². The molecule has 0 aliphatic rings. The van der Waals surface area contributed by atoms with Crippen molar-refractivity contribution in [3.8, 4) is 0 Å². The van der Waals surface area contributed by atoms with Gasteiger partial charge in [0.2, 0.25) is 22.2 Å². The van der Waals surface area contributed by atoms with Crippen LogP contribution in [0.25, 0.3) is 0 Å². The van der Waals surface area contributed by atoms with Gasteiger partial charge in [0.25, 0.3) is 0 Å². The van der Waals surface area contributed by atoms with Gasteiger partial charge >= 0.3 is 0 Å². The third-order valence-electron chi connectivity index (χ3n) is 0.485. The fourth-order valence-corrected chi connectivity index (χ4v) is 0.442. The number of hydrogen-bond donors (Lipinski definition) is 1. The molecule has 0 heterocycles. The smallest absolute Gasteiger partial charge is 0.242 e. The maximum Gasteiger partial charge on any atom is 0.242 e. The van der Waals surface area contributed by atoms with Crippen LogP contribution in [0.4, 0.5) is 0 Å². The Bertz CT molecular complexity index is 84.1. The highest BCUT2D eigenvalue weighted by Gasteiger charge is 1.83. The van der Waals surface area contributed by atoms with Crippen molar-refractivity contribution in [3.63, 3.8) is 0 Å². The first-order valence-corrected chi connectivity index (χ1v) is 3.00. The van der Waals surface area contributed by atoms with E-state index in [1.807, 2.05) is 0 Å². The molecule has 0 unspecified atom stereocenters. The fourth-order valence-electron chi connectivity index (χ4n) is 0.195. The molecule has 8 heavy (non-hydrogen) atoms. The molecule has 0 spiro atoms. The van der Waals surface area contributed by atoms with Crippen molar-refractivity contribution in [2.24, 2.45) is 0 Å². The van der Waals surface area contributed by atoms with Gasteiger partial charge in [-0.05, 0) is 11.5 Å². The summed E-state index contributed by atoms with van der Waals surface area (Å²) in [5.41, 5.74) is 0. The van der Waals surface area contributed by atoms with Crippen molar-refractivity contribution in [2.75, 3.05) is 5.41 Å². The molecule has 0 aliphatic heterocycles. The Hall–Kier alpha value is -0.298. The molecule has 1 amide bonds. The topological polar surface area (TPSA) is 60.6 Å². The van der Waals surface area contributed by atoms with Gasteiger partial charge in [0.05, 0.1) is 0 Å². The minimum absolute atomic E-state index is 0. The first-order valence-electron chi connectivity index (χ1n) is 2.00. The average molecular weight is 130 g/mol. The maximum atomic E-state index is 10.2. The van der Waals surface area contributed by atoms with Crippen molar-refractivity contribution in [1.82, 2.24) is 5.32 Å². The highest BCUT2D eigenvalue weighted by Crippen LogP contribution is 1.59. The number of rotatable bonds is 2. The lowest BCUT2D eigenvalue weighted by Gasteiger charge is -1.90. The molecule has 0 saturated carbocycles. The van der Waals surface area contributed by atoms with Gasteiger partial charge in [0, 0.05) is 0 Å². The second-order valence-corrected chi connectivity index (χ2v) is 1.50. The van der Waals surface area contributed by atoms with Gasteiger partial charge in [0.1, 0.15) is 0 Å². The second-order valence-electron chi connectivity index (χ2n) is 0.995. The molecule has 0 atom stereocenters. The van der Waals surface area contributed by atoms with E-state index in [1.54, 1.807) is 16.3 Å². The minimum Gasteiger partial charge on any atom is -0.412 e. The summed E-state index contributed by atoms with van der Waals surface area (Å²) in [6.07, 6.45) is 1.26. The van der Waals surface area contributed by atoms with Gasteiger partial charge in [-0.1, -0.05) is 6.58 Å². The molecular weight excluding hydrogens is 121 g/mol. The van der Waals surface area contributed by atoms with Crippen LogP contribution >= 0.6 is 0 Å². The molecule has 0 aromatic rings. The number of nitrogens with one attached hydrogen (secondary N) is 1. The van der Waals surface area contributed by atoms with E-state index in [4.69, 9.17) is 0 Å². The van der Waals surface area contributed by atoms with Crippen molar-refractivity contribution in [2.45, 2.75) is 0 Å². The van der Waals surface area contributed by atoms with E-state index in [1.165, 1.54) is 6.08 Å². The number of carbonyl (C=O) groups excluding carboxylic acids is 1. The van der Waals surface area contributed by atoms with E-state index in [-0.39, 0.29) is 11.4 Å². The Morgan fingerprint density at radius 3 is 2.50 bits per heavy atom. The number of hydrogen-bond acceptors (Lipinski definition) is 1. The van der Waals surface area contributed by atoms with Crippen LogP contribution in [0.5, 0.6) is 0 Å². The predicted octanol–water partition coefficient (Wildman–Crippen LogP) is -1.68. The van der Waals surface area contributed by atoms with Crippen molar-refractivity contribution < 1.29 is 10.3 Å². The highest BCUT2D eigenvalue weighted by molar-refractivity contribution is 6.10. The SMILES string of the molecule is C=CC(=O)N[CH2][AlH].O. The first kappa shape index (κ1) is 10.6. The largest absolute Gasteiger partial charge is 0.412 e. The zero-order valence-electron chi connectivity index (χ0n) is 4.61. The molecule has 0 aromatic carbocycles. The van der Waals surface area contributed by atoms with E-state index >= 15 is 0 Å². The van der Waals surface area contributed by atoms with Gasteiger partial charge in [0.15, 0.2) is 0 Å². The lowest BCUT2D eigenvalue weighted by atomic mass is 10.6. The van der Waals surface area contributed by atoms with Crippen LogP contribution in [0.15, 0.2) is 12.7 Å². The number of amides is 1. The normalized spacial score (nSPS) is 6.50. The van der Waals surface area contributed by atoms with Crippen LogP contribution < -0.4 is 5.32 Å². The van der Waals surface area contributed by atoms with E-state index in [2.05, 4.69) is 11.9 Å². The highest BCUT2D eigenvalue weighted by atomic mass is 27.0. The third-order valence-corrected chi connectivity index (χ3v) is 0.735. The molecule has 0 saturated heterocycles. The molecule has 4 heteroatoms. The molecule has 1 radical (unpaired) electrons. The van der Waals surface area contributed by atoms with Gasteiger partial charge in [-0.15, -0.1) is 0 Å². The predicted molar refractivity (Wildman–Crippen MR) is 34.0 cm³/mol. The summed E-state index contributed by atoms with van der Waals surface area (Å²) in [6, 6.07) is 0. The summed E-state index contributed by atoms with van der Waals surface area (Å²) in [4.78, 5) is 10.2. The molecule has 0 bridgehead atoms. The van der Waals surface area contributed by atoms with Crippen LogP contribution in [0, 0.1) is 0 Å². The van der Waals surface area contributed by atoms with Crippen LogP contribution in [0.3, 0.4) is 0 Å². The molecule has 3 nitrogen and oxygen atoms in total. The average Bonchev–Trinajstić information content (AvgIpc) is 1.68. The third kappa shape index (κ3) is 5.70. The van der Waals surface area contributed by atoms with E-state index in [9.17, 15) is 4.79 Å². The van der Waals surface area contributed by atoms with Gasteiger partial charge in [-0.3, -0.25) is 4.79 Å². The van der Waals surface area contributed by atoms with Crippen LogP contribution in [-0.4, -0.2) is 33.1 Å². The van der Waals surface area contributed by atoms with Crippen LogP contribution in [-0.2, 0) is 4.79 Å². The number of carbonyl (C=O) groups is 1. The lowest BCUT2D eigenvalue weighted by molar-refractivity contribution is -0.116. The summed E-state index contributed by atoms with van der Waals surface area (Å²) in [7, 11) is 0. The van der Waals surface area contributed by atoms with Crippen LogP contribution in [0.2, 0.25) is 0 Å². The fraction of sp³-hybridized carbons (Fsp3) is 0.250. The second kappa shape index (κ2) is 6.70. The summed E-state index contributed by atoms with van der Waals surface area (Å²) >= 11 is 1.69. The van der Waals surface area contributed by atoms with E-state index in [0.717, 1.165) is 0 Å². The summed E-state index contributed by atoms with van der Waals surface area (Å²) in [5, 5.41) is 3.25.